The Morgan fingerprint density at radius 2 is 1.64 bits per heavy atom. The van der Waals surface area contributed by atoms with Gasteiger partial charge in [0, 0.05) is 10.8 Å². The Hall–Kier alpha value is -3.15. The van der Waals surface area contributed by atoms with Gasteiger partial charge in [-0.05, 0) is 30.3 Å². The average molecular weight is 292 g/mol. The number of hydrogen-bond acceptors (Lipinski definition) is 5. The van der Waals surface area contributed by atoms with Gasteiger partial charge in [0.05, 0.1) is 7.11 Å². The molecule has 0 atom stereocenters. The summed E-state index contributed by atoms with van der Waals surface area (Å²) in [6.45, 7) is 0. The lowest BCUT2D eigenvalue weighted by atomic mass is 10.2. The Kier molecular flexibility index (Phi) is 2.86. The smallest absolute Gasteiger partial charge is 0.245 e. The molecule has 0 amide bonds. The average Bonchev–Trinajstić information content (AvgIpc) is 3.04. The number of methoxy groups -OCH3 is 1. The first-order valence-corrected chi connectivity index (χ1v) is 6.76. The van der Waals surface area contributed by atoms with Crippen molar-refractivity contribution in [3.05, 3.63) is 54.9 Å². The molecule has 2 aromatic heterocycles. The molecule has 0 unspecified atom stereocenters. The molecule has 108 valence electrons. The summed E-state index contributed by atoms with van der Waals surface area (Å²) in [6.07, 6.45) is 1.56. The molecule has 0 radical (unpaired) electrons. The highest BCUT2D eigenvalue weighted by Crippen LogP contribution is 2.30. The third kappa shape index (κ3) is 2.01. The molecule has 0 saturated carbocycles. The molecular formula is C16H12N4O2. The molecule has 4 aromatic rings. The molecule has 0 bridgehead atoms. The molecule has 4 rings (SSSR count). The van der Waals surface area contributed by atoms with E-state index >= 15 is 0 Å². The van der Waals surface area contributed by atoms with Crippen LogP contribution in [0, 0.1) is 0 Å². The second kappa shape index (κ2) is 5.00. The maximum atomic E-state index is 5.93. The van der Waals surface area contributed by atoms with E-state index in [4.69, 9.17) is 9.47 Å². The van der Waals surface area contributed by atoms with Crippen molar-refractivity contribution >= 4 is 16.4 Å². The molecule has 6 nitrogen and oxygen atoms in total. The van der Waals surface area contributed by atoms with E-state index in [0.717, 1.165) is 16.5 Å². The highest BCUT2D eigenvalue weighted by molar-refractivity contribution is 5.96. The molecule has 2 aromatic carbocycles. The quantitative estimate of drug-likeness (QED) is 0.580. The van der Waals surface area contributed by atoms with Gasteiger partial charge in [-0.3, -0.25) is 0 Å². The lowest BCUT2D eigenvalue weighted by Gasteiger charge is -2.09. The van der Waals surface area contributed by atoms with E-state index in [1.807, 2.05) is 48.5 Å². The molecule has 2 heterocycles. The van der Waals surface area contributed by atoms with Crippen LogP contribution in [0.4, 0.5) is 0 Å². The second-order valence-electron chi connectivity index (χ2n) is 4.73. The van der Waals surface area contributed by atoms with Gasteiger partial charge in [0.15, 0.2) is 5.65 Å². The molecule has 0 aliphatic carbocycles. The topological polar surface area (TPSA) is 61.5 Å². The van der Waals surface area contributed by atoms with Crippen LogP contribution < -0.4 is 9.47 Å². The Bertz CT molecular complexity index is 947. The zero-order valence-electron chi connectivity index (χ0n) is 11.8. The summed E-state index contributed by atoms with van der Waals surface area (Å²) in [6, 6.07) is 15.2. The fourth-order valence-corrected chi connectivity index (χ4v) is 2.33. The number of nitrogens with zero attached hydrogens (tertiary/aromatic N) is 4. The maximum Gasteiger partial charge on any atom is 0.245 e. The first kappa shape index (κ1) is 12.6. The van der Waals surface area contributed by atoms with Crippen LogP contribution >= 0.6 is 0 Å². The minimum atomic E-state index is 0.507. The third-order valence-corrected chi connectivity index (χ3v) is 3.40. The molecule has 0 N–H and O–H groups in total. The van der Waals surface area contributed by atoms with E-state index in [0.29, 0.717) is 17.3 Å². The normalized spacial score (nSPS) is 11.0. The van der Waals surface area contributed by atoms with Crippen molar-refractivity contribution in [2.45, 2.75) is 0 Å². The van der Waals surface area contributed by atoms with Crippen molar-refractivity contribution in [2.75, 3.05) is 7.11 Å². The van der Waals surface area contributed by atoms with Gasteiger partial charge >= 0.3 is 0 Å². The number of rotatable bonds is 3. The van der Waals surface area contributed by atoms with Crippen molar-refractivity contribution < 1.29 is 9.47 Å². The van der Waals surface area contributed by atoms with Gasteiger partial charge in [0.1, 0.15) is 17.8 Å². The van der Waals surface area contributed by atoms with Crippen molar-refractivity contribution in [2.24, 2.45) is 0 Å². The third-order valence-electron chi connectivity index (χ3n) is 3.40. The van der Waals surface area contributed by atoms with E-state index in [1.54, 1.807) is 18.0 Å². The van der Waals surface area contributed by atoms with Gasteiger partial charge in [-0.1, -0.05) is 18.2 Å². The van der Waals surface area contributed by atoms with Crippen LogP contribution in [0.5, 0.6) is 17.4 Å². The molecular weight excluding hydrogens is 280 g/mol. The fraction of sp³-hybridized carbons (Fsp3) is 0.0625. The molecule has 0 aliphatic heterocycles. The summed E-state index contributed by atoms with van der Waals surface area (Å²) in [7, 11) is 1.63. The van der Waals surface area contributed by atoms with Gasteiger partial charge in [-0.2, -0.15) is 4.52 Å². The lowest BCUT2D eigenvalue weighted by Crippen LogP contribution is -1.97. The zero-order chi connectivity index (χ0) is 14.9. The van der Waals surface area contributed by atoms with Gasteiger partial charge in [0.2, 0.25) is 5.88 Å². The van der Waals surface area contributed by atoms with Crippen molar-refractivity contribution in [1.29, 1.82) is 0 Å². The van der Waals surface area contributed by atoms with Gasteiger partial charge in [-0.15, -0.1) is 15.3 Å². The van der Waals surface area contributed by atoms with Crippen LogP contribution in [0.15, 0.2) is 54.9 Å². The summed E-state index contributed by atoms with van der Waals surface area (Å²) in [5.41, 5.74) is 0.706. The number of aromatic nitrogens is 4. The van der Waals surface area contributed by atoms with Crippen LogP contribution in [0.2, 0.25) is 0 Å². The largest absolute Gasteiger partial charge is 0.497 e. The van der Waals surface area contributed by atoms with Crippen molar-refractivity contribution in [3.63, 3.8) is 0 Å². The Balaban J connectivity index is 1.84. The molecule has 6 heteroatoms. The van der Waals surface area contributed by atoms with Gasteiger partial charge in [-0.25, -0.2) is 0 Å². The summed E-state index contributed by atoms with van der Waals surface area (Å²) >= 11 is 0. The first-order chi connectivity index (χ1) is 10.8. The molecule has 0 spiro atoms. The van der Waals surface area contributed by atoms with Crippen LogP contribution in [0.25, 0.3) is 16.4 Å². The highest BCUT2D eigenvalue weighted by atomic mass is 16.5. The van der Waals surface area contributed by atoms with E-state index in [-0.39, 0.29) is 0 Å². The number of fused-ring (bicyclic) bond motifs is 3. The summed E-state index contributed by atoms with van der Waals surface area (Å²) < 4.78 is 12.7. The zero-order valence-corrected chi connectivity index (χ0v) is 11.8. The highest BCUT2D eigenvalue weighted by Gasteiger charge is 2.11. The van der Waals surface area contributed by atoms with Crippen LogP contribution in [0.3, 0.4) is 0 Å². The minimum absolute atomic E-state index is 0.507. The fourth-order valence-electron chi connectivity index (χ4n) is 2.33. The maximum absolute atomic E-state index is 5.93. The predicted octanol–water partition coefficient (Wildman–Crippen LogP) is 3.08. The summed E-state index contributed by atoms with van der Waals surface area (Å²) in [5, 5.41) is 14.3. The first-order valence-electron chi connectivity index (χ1n) is 6.76. The number of ether oxygens (including phenoxy) is 2. The molecule has 0 saturated heterocycles. The van der Waals surface area contributed by atoms with E-state index in [9.17, 15) is 0 Å². The lowest BCUT2D eigenvalue weighted by molar-refractivity contribution is 0.412. The Morgan fingerprint density at radius 3 is 2.41 bits per heavy atom. The van der Waals surface area contributed by atoms with E-state index < -0.39 is 0 Å². The van der Waals surface area contributed by atoms with Crippen LogP contribution in [-0.4, -0.2) is 26.9 Å². The van der Waals surface area contributed by atoms with Gasteiger partial charge in [0.25, 0.3) is 0 Å². The monoisotopic (exact) mass is 292 g/mol. The van der Waals surface area contributed by atoms with Crippen molar-refractivity contribution in [3.8, 4) is 17.4 Å². The Labute approximate surface area is 125 Å². The Morgan fingerprint density at radius 1 is 0.909 bits per heavy atom. The second-order valence-corrected chi connectivity index (χ2v) is 4.73. The summed E-state index contributed by atoms with van der Waals surface area (Å²) in [5.74, 6) is 1.97. The van der Waals surface area contributed by atoms with Crippen LogP contribution in [-0.2, 0) is 0 Å². The summed E-state index contributed by atoms with van der Waals surface area (Å²) in [4.78, 5) is 0. The van der Waals surface area contributed by atoms with Crippen LogP contribution in [0.1, 0.15) is 0 Å². The van der Waals surface area contributed by atoms with E-state index in [1.165, 1.54) is 0 Å². The molecule has 22 heavy (non-hydrogen) atoms. The van der Waals surface area contributed by atoms with Gasteiger partial charge < -0.3 is 9.47 Å². The molecule has 0 fully saturated rings. The standard InChI is InChI=1S/C16H12N4O2/c1-21-11-6-8-12(9-7-11)22-16-14-5-3-2-4-13(14)15-18-17-10-20(15)19-16/h2-10H,1H3. The minimum Gasteiger partial charge on any atom is -0.497 e. The van der Waals surface area contributed by atoms with Crippen molar-refractivity contribution in [1.82, 2.24) is 19.8 Å². The predicted molar refractivity (Wildman–Crippen MR) is 81.4 cm³/mol. The number of benzene rings is 2. The van der Waals surface area contributed by atoms with E-state index in [2.05, 4.69) is 15.3 Å². The SMILES string of the molecule is COc1ccc(Oc2nn3cnnc3c3ccccc23)cc1. The molecule has 0 aliphatic rings. The number of hydrogen-bond donors (Lipinski definition) is 0.